The Balaban J connectivity index is 1.93. The maximum atomic E-state index is 12.3. The number of carbonyl (C=O) groups is 2. The lowest BCUT2D eigenvalue weighted by atomic mass is 10.0. The molecule has 0 fully saturated rings. The van der Waals surface area contributed by atoms with Crippen molar-refractivity contribution < 1.29 is 14.3 Å². The molecule has 26 heavy (non-hydrogen) atoms. The zero-order chi connectivity index (χ0) is 19.3. The Morgan fingerprint density at radius 3 is 2.58 bits per heavy atom. The lowest BCUT2D eigenvalue weighted by molar-refractivity contribution is -0.120. The number of hydrogen-bond donors (Lipinski definition) is 1. The zero-order valence-corrected chi connectivity index (χ0v) is 16.1. The molecule has 1 N–H and O–H groups in total. The second kappa shape index (κ2) is 8.65. The van der Waals surface area contributed by atoms with Crippen LogP contribution in [0.3, 0.4) is 0 Å². The molecule has 6 heteroatoms. The summed E-state index contributed by atoms with van der Waals surface area (Å²) in [4.78, 5) is 23.9. The van der Waals surface area contributed by atoms with Gasteiger partial charge in [0.1, 0.15) is 5.75 Å². The van der Waals surface area contributed by atoms with Gasteiger partial charge in [-0.3, -0.25) is 14.3 Å². The molecule has 6 nitrogen and oxygen atoms in total. The van der Waals surface area contributed by atoms with Crippen LogP contribution in [0.1, 0.15) is 41.2 Å². The van der Waals surface area contributed by atoms with Crippen molar-refractivity contribution in [1.82, 2.24) is 15.1 Å². The molecule has 1 atom stereocenters. The number of amides is 1. The van der Waals surface area contributed by atoms with Crippen LogP contribution in [0.15, 0.2) is 24.3 Å². The second-order valence-corrected chi connectivity index (χ2v) is 6.78. The summed E-state index contributed by atoms with van der Waals surface area (Å²) in [7, 11) is 1.56. The van der Waals surface area contributed by atoms with E-state index >= 15 is 0 Å². The number of aromatic nitrogens is 2. The van der Waals surface area contributed by atoms with Crippen LogP contribution in [0.25, 0.3) is 0 Å². The quantitative estimate of drug-likeness (QED) is 0.737. The fourth-order valence-corrected chi connectivity index (χ4v) is 2.88. The highest BCUT2D eigenvalue weighted by molar-refractivity contribution is 5.94. The fourth-order valence-electron chi connectivity index (χ4n) is 2.88. The average Bonchev–Trinajstić information content (AvgIpc) is 2.90. The highest BCUT2D eigenvalue weighted by Gasteiger charge is 2.13. The Morgan fingerprint density at radius 1 is 1.27 bits per heavy atom. The molecule has 1 heterocycles. The van der Waals surface area contributed by atoms with Gasteiger partial charge >= 0.3 is 0 Å². The van der Waals surface area contributed by atoms with Gasteiger partial charge in [-0.05, 0) is 51.0 Å². The molecule has 0 unspecified atom stereocenters. The summed E-state index contributed by atoms with van der Waals surface area (Å²) in [6, 6.07) is 7.20. The topological polar surface area (TPSA) is 73.2 Å². The van der Waals surface area contributed by atoms with Crippen LogP contribution in [0, 0.1) is 19.8 Å². The van der Waals surface area contributed by atoms with Crippen LogP contribution in [-0.4, -0.2) is 35.1 Å². The van der Waals surface area contributed by atoms with E-state index in [-0.39, 0.29) is 24.0 Å². The smallest absolute Gasteiger partial charge is 0.224 e. The Labute approximate surface area is 154 Å². The van der Waals surface area contributed by atoms with Crippen molar-refractivity contribution in [1.29, 1.82) is 0 Å². The summed E-state index contributed by atoms with van der Waals surface area (Å²) in [5.41, 5.74) is 3.40. The largest absolute Gasteiger partial charge is 0.496 e. The minimum atomic E-state index is -0.0933. The average molecular weight is 357 g/mol. The number of ketones is 1. The molecule has 2 rings (SSSR count). The SMILES string of the molecule is COc1ccc(C(C)=O)cc1CC(=O)NC[C@@H](C)Cn1nc(C)cc1C. The van der Waals surface area contributed by atoms with Gasteiger partial charge in [-0.2, -0.15) is 5.10 Å². The fraction of sp³-hybridized carbons (Fsp3) is 0.450. The van der Waals surface area contributed by atoms with E-state index in [1.54, 1.807) is 25.3 Å². The van der Waals surface area contributed by atoms with Gasteiger partial charge < -0.3 is 10.1 Å². The third-order valence-corrected chi connectivity index (χ3v) is 4.27. The van der Waals surface area contributed by atoms with Crippen molar-refractivity contribution in [2.45, 2.75) is 40.7 Å². The summed E-state index contributed by atoms with van der Waals surface area (Å²) in [6.07, 6.45) is 0.177. The first kappa shape index (κ1) is 19.7. The minimum Gasteiger partial charge on any atom is -0.496 e. The first-order valence-electron chi connectivity index (χ1n) is 8.75. The molecule has 0 aliphatic heterocycles. The number of rotatable bonds is 8. The van der Waals surface area contributed by atoms with Gasteiger partial charge in [0.15, 0.2) is 5.78 Å². The molecule has 0 radical (unpaired) electrons. The van der Waals surface area contributed by atoms with E-state index in [0.29, 0.717) is 23.4 Å². The molecule has 1 aromatic carbocycles. The number of nitrogens with zero attached hydrogens (tertiary/aromatic N) is 2. The Hall–Kier alpha value is -2.63. The molecule has 0 spiro atoms. The van der Waals surface area contributed by atoms with Gasteiger partial charge in [0.2, 0.25) is 5.91 Å². The number of aryl methyl sites for hydroxylation is 2. The Bertz CT molecular complexity index is 796. The molecule has 2 aromatic rings. The molecule has 1 aromatic heterocycles. The van der Waals surface area contributed by atoms with Crippen molar-refractivity contribution in [3.63, 3.8) is 0 Å². The molecule has 0 saturated carbocycles. The van der Waals surface area contributed by atoms with Crippen LogP contribution in [0.2, 0.25) is 0 Å². The lowest BCUT2D eigenvalue weighted by Crippen LogP contribution is -2.31. The van der Waals surface area contributed by atoms with E-state index < -0.39 is 0 Å². The highest BCUT2D eigenvalue weighted by Crippen LogP contribution is 2.21. The van der Waals surface area contributed by atoms with E-state index in [9.17, 15) is 9.59 Å². The van der Waals surface area contributed by atoms with E-state index in [1.165, 1.54) is 6.92 Å². The first-order chi connectivity index (χ1) is 12.3. The van der Waals surface area contributed by atoms with E-state index in [4.69, 9.17) is 4.74 Å². The standard InChI is InChI=1S/C20H27N3O3/c1-13(12-23-15(3)8-14(2)22-23)11-21-20(25)10-18-9-17(16(4)24)6-7-19(18)26-5/h6-9,13H,10-12H2,1-5H3,(H,21,25)/t13-/m1/s1. The van der Waals surface area contributed by atoms with Gasteiger partial charge in [0, 0.05) is 29.9 Å². The maximum Gasteiger partial charge on any atom is 0.224 e. The molecular weight excluding hydrogens is 330 g/mol. The third-order valence-electron chi connectivity index (χ3n) is 4.27. The summed E-state index contributed by atoms with van der Waals surface area (Å²) >= 11 is 0. The van der Waals surface area contributed by atoms with Crippen molar-refractivity contribution in [3.05, 3.63) is 46.8 Å². The van der Waals surface area contributed by atoms with Crippen LogP contribution in [0.5, 0.6) is 5.75 Å². The number of ether oxygens (including phenoxy) is 1. The molecular formula is C20H27N3O3. The minimum absolute atomic E-state index is 0.0344. The van der Waals surface area contributed by atoms with Crippen molar-refractivity contribution in [3.8, 4) is 5.75 Å². The summed E-state index contributed by atoms with van der Waals surface area (Å²) in [6.45, 7) is 8.90. The second-order valence-electron chi connectivity index (χ2n) is 6.78. The number of benzene rings is 1. The number of hydrogen-bond acceptors (Lipinski definition) is 4. The predicted molar refractivity (Wildman–Crippen MR) is 101 cm³/mol. The van der Waals surface area contributed by atoms with E-state index in [1.807, 2.05) is 24.6 Å². The monoisotopic (exact) mass is 357 g/mol. The van der Waals surface area contributed by atoms with Crippen molar-refractivity contribution in [2.24, 2.45) is 5.92 Å². The summed E-state index contributed by atoms with van der Waals surface area (Å²) in [5.74, 6) is 0.736. The van der Waals surface area contributed by atoms with Crippen LogP contribution < -0.4 is 10.1 Å². The normalized spacial score (nSPS) is 11.9. The third kappa shape index (κ3) is 5.18. The predicted octanol–water partition coefficient (Wildman–Crippen LogP) is 2.71. The van der Waals surface area contributed by atoms with Gasteiger partial charge in [-0.15, -0.1) is 0 Å². The Kier molecular flexibility index (Phi) is 6.55. The molecule has 1 amide bonds. The summed E-state index contributed by atoms with van der Waals surface area (Å²) < 4.78 is 7.26. The van der Waals surface area contributed by atoms with Gasteiger partial charge in [-0.1, -0.05) is 6.92 Å². The number of methoxy groups -OCH3 is 1. The molecule has 0 bridgehead atoms. The van der Waals surface area contributed by atoms with Gasteiger partial charge in [-0.25, -0.2) is 0 Å². The van der Waals surface area contributed by atoms with E-state index in [0.717, 1.165) is 17.9 Å². The molecule has 0 aliphatic rings. The van der Waals surface area contributed by atoms with Crippen LogP contribution in [0.4, 0.5) is 0 Å². The number of nitrogens with one attached hydrogen (secondary N) is 1. The summed E-state index contributed by atoms with van der Waals surface area (Å²) in [5, 5.41) is 7.41. The highest BCUT2D eigenvalue weighted by atomic mass is 16.5. The maximum absolute atomic E-state index is 12.3. The molecule has 140 valence electrons. The van der Waals surface area contributed by atoms with Crippen LogP contribution >= 0.6 is 0 Å². The van der Waals surface area contributed by atoms with Crippen molar-refractivity contribution >= 4 is 11.7 Å². The number of Topliss-reactive ketones (excluding diaryl/α,β-unsaturated/α-hetero) is 1. The molecule has 0 aliphatic carbocycles. The first-order valence-corrected chi connectivity index (χ1v) is 8.75. The lowest BCUT2D eigenvalue weighted by Gasteiger charge is -2.15. The van der Waals surface area contributed by atoms with Gasteiger partial charge in [0.05, 0.1) is 19.2 Å². The Morgan fingerprint density at radius 2 is 2.00 bits per heavy atom. The zero-order valence-electron chi connectivity index (χ0n) is 16.1. The van der Waals surface area contributed by atoms with Crippen molar-refractivity contribution in [2.75, 3.05) is 13.7 Å². The number of carbonyl (C=O) groups excluding carboxylic acids is 2. The molecule has 0 saturated heterocycles. The van der Waals surface area contributed by atoms with Gasteiger partial charge in [0.25, 0.3) is 0 Å². The van der Waals surface area contributed by atoms with E-state index in [2.05, 4.69) is 17.3 Å². The van der Waals surface area contributed by atoms with Crippen LogP contribution in [-0.2, 0) is 17.8 Å².